The molecular weight excluding hydrogens is 185 g/mol. The third kappa shape index (κ3) is 2.07. The minimum atomic E-state index is -2.20. The fourth-order valence-corrected chi connectivity index (χ4v) is 0.731. The molecule has 0 heterocycles. The van der Waals surface area contributed by atoms with E-state index in [-0.39, 0.29) is 0 Å². The van der Waals surface area contributed by atoms with Gasteiger partial charge in [0.05, 0.1) is 0 Å². The summed E-state index contributed by atoms with van der Waals surface area (Å²) in [7, 11) is -2.20. The summed E-state index contributed by atoms with van der Waals surface area (Å²) >= 11 is 0. The lowest BCUT2D eigenvalue weighted by molar-refractivity contribution is 0.277. The van der Waals surface area contributed by atoms with Crippen molar-refractivity contribution in [2.45, 2.75) is 0 Å². The van der Waals surface area contributed by atoms with Crippen LogP contribution >= 0.6 is 0 Å². The van der Waals surface area contributed by atoms with E-state index in [1.165, 1.54) is 0 Å². The zero-order chi connectivity index (χ0) is 10.0. The van der Waals surface area contributed by atoms with Crippen LogP contribution in [0.2, 0.25) is 0 Å². The fourth-order valence-electron chi connectivity index (χ4n) is 0.731. The molecule has 0 aromatic heterocycles. The van der Waals surface area contributed by atoms with E-state index in [9.17, 15) is 8.78 Å². The standard InChI is InChI=1S/C6H5BF2O4/c8-3-1-2-4(13-7(11)12)6(10)5(3)9/h1-2,10-12H. The molecule has 0 atom stereocenters. The van der Waals surface area contributed by atoms with Gasteiger partial charge >= 0.3 is 7.32 Å². The Labute approximate surface area is 72.2 Å². The largest absolute Gasteiger partial charge is 0.707 e. The predicted octanol–water partition coefficient (Wildman–Crippen LogP) is 0.0187. The van der Waals surface area contributed by atoms with Crippen LogP contribution in [0, 0.1) is 11.6 Å². The molecule has 0 saturated heterocycles. The maximum atomic E-state index is 12.6. The zero-order valence-electron chi connectivity index (χ0n) is 6.24. The van der Waals surface area contributed by atoms with Gasteiger partial charge in [-0.2, -0.15) is 4.39 Å². The van der Waals surface area contributed by atoms with E-state index in [2.05, 4.69) is 4.65 Å². The monoisotopic (exact) mass is 190 g/mol. The Morgan fingerprint density at radius 1 is 1.23 bits per heavy atom. The number of rotatable bonds is 2. The van der Waals surface area contributed by atoms with E-state index in [1.54, 1.807) is 0 Å². The maximum Gasteiger partial charge on any atom is 0.707 e. The van der Waals surface area contributed by atoms with Crippen molar-refractivity contribution in [3.8, 4) is 11.5 Å². The van der Waals surface area contributed by atoms with Crippen molar-refractivity contribution < 1.29 is 28.6 Å². The summed E-state index contributed by atoms with van der Waals surface area (Å²) in [6.45, 7) is 0. The van der Waals surface area contributed by atoms with E-state index < -0.39 is 30.5 Å². The van der Waals surface area contributed by atoms with E-state index in [1.807, 2.05) is 0 Å². The van der Waals surface area contributed by atoms with Gasteiger partial charge in [-0.1, -0.05) is 0 Å². The summed E-state index contributed by atoms with van der Waals surface area (Å²) in [5.41, 5.74) is 0. The first-order valence-corrected chi connectivity index (χ1v) is 3.22. The first kappa shape index (κ1) is 9.75. The van der Waals surface area contributed by atoms with Crippen LogP contribution in [0.5, 0.6) is 11.5 Å². The van der Waals surface area contributed by atoms with E-state index in [4.69, 9.17) is 15.2 Å². The van der Waals surface area contributed by atoms with Crippen molar-refractivity contribution in [2.75, 3.05) is 0 Å². The van der Waals surface area contributed by atoms with Crippen LogP contribution in [0.1, 0.15) is 0 Å². The molecule has 0 spiro atoms. The normalized spacial score (nSPS) is 9.85. The Morgan fingerprint density at radius 2 is 1.85 bits per heavy atom. The highest BCUT2D eigenvalue weighted by Crippen LogP contribution is 2.30. The van der Waals surface area contributed by atoms with E-state index in [0.717, 1.165) is 6.07 Å². The van der Waals surface area contributed by atoms with Crippen molar-refractivity contribution in [3.05, 3.63) is 23.8 Å². The topological polar surface area (TPSA) is 69.9 Å². The van der Waals surface area contributed by atoms with Gasteiger partial charge in [0.1, 0.15) is 5.75 Å². The van der Waals surface area contributed by atoms with Gasteiger partial charge in [0, 0.05) is 0 Å². The van der Waals surface area contributed by atoms with Crippen molar-refractivity contribution in [1.29, 1.82) is 0 Å². The average Bonchev–Trinajstić information content (AvgIpc) is 2.06. The number of hydrogen-bond donors (Lipinski definition) is 3. The number of benzene rings is 1. The number of aromatic hydroxyl groups is 1. The maximum absolute atomic E-state index is 12.6. The van der Waals surface area contributed by atoms with Gasteiger partial charge in [-0.25, -0.2) is 4.39 Å². The van der Waals surface area contributed by atoms with Crippen molar-refractivity contribution >= 4 is 7.32 Å². The van der Waals surface area contributed by atoms with Crippen molar-refractivity contribution in [2.24, 2.45) is 0 Å². The van der Waals surface area contributed by atoms with Gasteiger partial charge in [-0.3, -0.25) is 0 Å². The van der Waals surface area contributed by atoms with Crippen LogP contribution in [0.15, 0.2) is 12.1 Å². The molecule has 0 fully saturated rings. The number of halogens is 2. The number of phenols is 1. The summed E-state index contributed by atoms with van der Waals surface area (Å²) in [5.74, 6) is -4.41. The second kappa shape index (κ2) is 3.59. The molecule has 70 valence electrons. The number of hydrogen-bond acceptors (Lipinski definition) is 4. The first-order valence-electron chi connectivity index (χ1n) is 3.22. The molecule has 0 amide bonds. The van der Waals surface area contributed by atoms with Gasteiger partial charge < -0.3 is 19.8 Å². The Hall–Kier alpha value is -1.34. The Bertz CT molecular complexity index is 318. The molecule has 1 rings (SSSR count). The lowest BCUT2D eigenvalue weighted by atomic mass is 10.2. The van der Waals surface area contributed by atoms with E-state index in [0.29, 0.717) is 6.07 Å². The van der Waals surface area contributed by atoms with Gasteiger partial charge in [0.2, 0.25) is 5.82 Å². The fraction of sp³-hybridized carbons (Fsp3) is 0. The SMILES string of the molecule is OB(O)Oc1ccc(F)c(F)c1O. The Balaban J connectivity index is 3.04. The Kier molecular flexibility index (Phi) is 2.69. The first-order chi connectivity index (χ1) is 6.02. The van der Waals surface area contributed by atoms with Crippen LogP contribution in [0.4, 0.5) is 8.78 Å². The lowest BCUT2D eigenvalue weighted by Gasteiger charge is -2.06. The molecule has 1 aromatic rings. The van der Waals surface area contributed by atoms with Gasteiger partial charge in [0.25, 0.3) is 0 Å². The highest BCUT2D eigenvalue weighted by molar-refractivity contribution is 6.33. The zero-order valence-corrected chi connectivity index (χ0v) is 6.24. The molecule has 0 aliphatic heterocycles. The van der Waals surface area contributed by atoms with Gasteiger partial charge in [-0.05, 0) is 12.1 Å². The molecule has 13 heavy (non-hydrogen) atoms. The van der Waals surface area contributed by atoms with Crippen LogP contribution in [-0.2, 0) is 0 Å². The lowest BCUT2D eigenvalue weighted by Crippen LogP contribution is -2.20. The molecular formula is C6H5BF2O4. The summed E-state index contributed by atoms with van der Waals surface area (Å²) in [6, 6.07) is 1.56. The summed E-state index contributed by atoms with van der Waals surface area (Å²) in [5, 5.41) is 25.5. The molecule has 0 aliphatic carbocycles. The molecule has 0 unspecified atom stereocenters. The third-order valence-corrected chi connectivity index (χ3v) is 1.26. The van der Waals surface area contributed by atoms with Crippen molar-refractivity contribution in [3.63, 3.8) is 0 Å². The highest BCUT2D eigenvalue weighted by Gasteiger charge is 2.18. The molecule has 1 aromatic carbocycles. The third-order valence-electron chi connectivity index (χ3n) is 1.26. The highest BCUT2D eigenvalue weighted by atomic mass is 19.2. The summed E-state index contributed by atoms with van der Waals surface area (Å²) in [4.78, 5) is 0. The van der Waals surface area contributed by atoms with Crippen LogP contribution in [0.25, 0.3) is 0 Å². The van der Waals surface area contributed by atoms with E-state index >= 15 is 0 Å². The summed E-state index contributed by atoms with van der Waals surface area (Å²) in [6.07, 6.45) is 0. The smallest absolute Gasteiger partial charge is 0.509 e. The molecule has 0 radical (unpaired) electrons. The van der Waals surface area contributed by atoms with Crippen LogP contribution < -0.4 is 4.65 Å². The summed E-state index contributed by atoms with van der Waals surface area (Å²) < 4.78 is 29.1. The van der Waals surface area contributed by atoms with Gasteiger partial charge in [0.15, 0.2) is 11.6 Å². The minimum Gasteiger partial charge on any atom is -0.509 e. The van der Waals surface area contributed by atoms with Crippen LogP contribution in [-0.4, -0.2) is 22.5 Å². The predicted molar refractivity (Wildman–Crippen MR) is 38.8 cm³/mol. The molecule has 3 N–H and O–H groups in total. The molecule has 0 saturated carbocycles. The average molecular weight is 190 g/mol. The molecule has 0 bridgehead atoms. The second-order valence-electron chi connectivity index (χ2n) is 2.15. The molecule has 7 heteroatoms. The van der Waals surface area contributed by atoms with Crippen LogP contribution in [0.3, 0.4) is 0 Å². The second-order valence-corrected chi connectivity index (χ2v) is 2.15. The molecule has 4 nitrogen and oxygen atoms in total. The van der Waals surface area contributed by atoms with Crippen molar-refractivity contribution in [1.82, 2.24) is 0 Å². The molecule has 0 aliphatic rings. The Morgan fingerprint density at radius 3 is 2.38 bits per heavy atom. The van der Waals surface area contributed by atoms with Gasteiger partial charge in [-0.15, -0.1) is 0 Å². The quantitative estimate of drug-likeness (QED) is 0.574. The number of phenolic OH excluding ortho intramolecular Hbond substituents is 1. The minimum absolute atomic E-state index is 0.547.